The summed E-state index contributed by atoms with van der Waals surface area (Å²) in [7, 11) is 1.51. The van der Waals surface area contributed by atoms with Crippen molar-refractivity contribution in [2.45, 2.75) is 37.8 Å². The Kier molecular flexibility index (Phi) is 5.73. The average molecular weight is 230 g/mol. The molecule has 1 heterocycles. The van der Waals surface area contributed by atoms with Gasteiger partial charge in [0.05, 0.1) is 0 Å². The molecular formula is C11H22N2O3. The first-order valence-corrected chi connectivity index (χ1v) is 5.88. The first-order valence-electron chi connectivity index (χ1n) is 5.88. The molecule has 2 atom stereocenters. The zero-order valence-corrected chi connectivity index (χ0v) is 9.89. The van der Waals surface area contributed by atoms with Crippen LogP contribution in [0.4, 0.5) is 0 Å². The summed E-state index contributed by atoms with van der Waals surface area (Å²) in [6.07, 6.45) is 3.14. The van der Waals surface area contributed by atoms with Crippen LogP contribution in [0.3, 0.4) is 0 Å². The summed E-state index contributed by atoms with van der Waals surface area (Å²) in [5, 5.41) is 8.80. The third-order valence-electron chi connectivity index (χ3n) is 3.13. The van der Waals surface area contributed by atoms with Gasteiger partial charge in [0, 0.05) is 32.8 Å². The van der Waals surface area contributed by atoms with E-state index in [0.717, 1.165) is 32.2 Å². The second-order valence-corrected chi connectivity index (χ2v) is 4.15. The van der Waals surface area contributed by atoms with Crippen molar-refractivity contribution in [3.05, 3.63) is 0 Å². The van der Waals surface area contributed by atoms with Crippen LogP contribution in [0.1, 0.15) is 25.7 Å². The van der Waals surface area contributed by atoms with E-state index in [1.807, 2.05) is 4.90 Å². The maximum Gasteiger partial charge on any atom is 0.253 e. The second-order valence-electron chi connectivity index (χ2n) is 4.15. The fraction of sp³-hybridized carbons (Fsp3) is 0.909. The number of methoxy groups -OCH3 is 1. The Balaban J connectivity index is 2.52. The van der Waals surface area contributed by atoms with Crippen LogP contribution in [0.5, 0.6) is 0 Å². The standard InChI is InChI=1S/C11H22N2O3/c1-16-10(8-12)11(15)13-6-2-4-9(13)5-3-7-14/h9-10,14H,2-8,12H2,1H3. The Morgan fingerprint density at radius 1 is 1.69 bits per heavy atom. The summed E-state index contributed by atoms with van der Waals surface area (Å²) in [6.45, 7) is 1.19. The molecule has 1 amide bonds. The van der Waals surface area contributed by atoms with Crippen molar-refractivity contribution in [2.24, 2.45) is 5.73 Å². The van der Waals surface area contributed by atoms with Crippen LogP contribution < -0.4 is 5.73 Å². The number of ether oxygens (including phenoxy) is 1. The lowest BCUT2D eigenvalue weighted by atomic mass is 10.1. The van der Waals surface area contributed by atoms with Gasteiger partial charge in [-0.3, -0.25) is 4.79 Å². The first-order chi connectivity index (χ1) is 7.74. The molecule has 0 saturated carbocycles. The van der Waals surface area contributed by atoms with Crippen molar-refractivity contribution in [1.82, 2.24) is 4.90 Å². The maximum atomic E-state index is 12.0. The molecule has 2 unspecified atom stereocenters. The summed E-state index contributed by atoms with van der Waals surface area (Å²) in [4.78, 5) is 13.9. The topological polar surface area (TPSA) is 75.8 Å². The normalized spacial score (nSPS) is 22.4. The molecule has 0 aromatic carbocycles. The highest BCUT2D eigenvalue weighted by Gasteiger charge is 2.32. The van der Waals surface area contributed by atoms with Gasteiger partial charge in [-0.25, -0.2) is 0 Å². The van der Waals surface area contributed by atoms with Crippen LogP contribution in [0.25, 0.3) is 0 Å². The van der Waals surface area contributed by atoms with Crippen LogP contribution in [0.15, 0.2) is 0 Å². The predicted molar refractivity (Wildman–Crippen MR) is 60.9 cm³/mol. The SMILES string of the molecule is COC(CN)C(=O)N1CCCC1CCCO. The van der Waals surface area contributed by atoms with Crippen molar-refractivity contribution in [3.8, 4) is 0 Å². The fourth-order valence-electron chi connectivity index (χ4n) is 2.24. The number of carbonyl (C=O) groups excluding carboxylic acids is 1. The van der Waals surface area contributed by atoms with Crippen LogP contribution in [-0.2, 0) is 9.53 Å². The lowest BCUT2D eigenvalue weighted by molar-refractivity contribution is -0.142. The van der Waals surface area contributed by atoms with E-state index in [1.54, 1.807) is 0 Å². The Hall–Kier alpha value is -0.650. The molecule has 5 heteroatoms. The molecule has 0 aromatic rings. The molecule has 0 spiro atoms. The number of hydrogen-bond acceptors (Lipinski definition) is 4. The molecule has 3 N–H and O–H groups in total. The van der Waals surface area contributed by atoms with E-state index >= 15 is 0 Å². The molecular weight excluding hydrogens is 208 g/mol. The maximum absolute atomic E-state index is 12.0. The number of aliphatic hydroxyl groups is 1. The highest BCUT2D eigenvalue weighted by molar-refractivity contribution is 5.81. The Labute approximate surface area is 96.6 Å². The fourth-order valence-corrected chi connectivity index (χ4v) is 2.24. The molecule has 0 aliphatic carbocycles. The summed E-state index contributed by atoms with van der Waals surface area (Å²) in [5.41, 5.74) is 5.48. The van der Waals surface area contributed by atoms with E-state index in [-0.39, 0.29) is 25.1 Å². The predicted octanol–water partition coefficient (Wildman–Crippen LogP) is -0.276. The van der Waals surface area contributed by atoms with Gasteiger partial charge in [0.1, 0.15) is 6.10 Å². The molecule has 0 bridgehead atoms. The zero-order valence-electron chi connectivity index (χ0n) is 9.89. The molecule has 1 aliphatic heterocycles. The Bertz CT molecular complexity index is 219. The van der Waals surface area contributed by atoms with Gasteiger partial charge in [-0.2, -0.15) is 0 Å². The van der Waals surface area contributed by atoms with Gasteiger partial charge in [-0.1, -0.05) is 0 Å². The van der Waals surface area contributed by atoms with Crippen molar-refractivity contribution < 1.29 is 14.6 Å². The highest BCUT2D eigenvalue weighted by atomic mass is 16.5. The van der Waals surface area contributed by atoms with Crippen LogP contribution in [-0.4, -0.2) is 54.9 Å². The summed E-state index contributed by atoms with van der Waals surface area (Å²) in [5.74, 6) is -0.00885. The van der Waals surface area contributed by atoms with Crippen molar-refractivity contribution in [1.29, 1.82) is 0 Å². The van der Waals surface area contributed by atoms with E-state index in [1.165, 1.54) is 7.11 Å². The van der Waals surface area contributed by atoms with Crippen LogP contribution in [0.2, 0.25) is 0 Å². The number of hydrogen-bond donors (Lipinski definition) is 2. The third-order valence-corrected chi connectivity index (χ3v) is 3.13. The Morgan fingerprint density at radius 2 is 2.44 bits per heavy atom. The third kappa shape index (κ3) is 3.17. The molecule has 16 heavy (non-hydrogen) atoms. The summed E-state index contributed by atoms with van der Waals surface area (Å²) < 4.78 is 5.06. The number of nitrogens with zero attached hydrogens (tertiary/aromatic N) is 1. The quantitative estimate of drug-likeness (QED) is 0.658. The largest absolute Gasteiger partial charge is 0.396 e. The molecule has 0 radical (unpaired) electrons. The number of amides is 1. The minimum Gasteiger partial charge on any atom is -0.396 e. The number of aliphatic hydroxyl groups excluding tert-OH is 1. The number of likely N-dealkylation sites (tertiary alicyclic amines) is 1. The Morgan fingerprint density at radius 3 is 3.00 bits per heavy atom. The van der Waals surface area contributed by atoms with Gasteiger partial charge in [0.2, 0.25) is 0 Å². The number of rotatable bonds is 6. The van der Waals surface area contributed by atoms with E-state index in [9.17, 15) is 4.79 Å². The van der Waals surface area contributed by atoms with Gasteiger partial charge in [-0.15, -0.1) is 0 Å². The van der Waals surface area contributed by atoms with Gasteiger partial charge >= 0.3 is 0 Å². The molecule has 1 rings (SSSR count). The average Bonchev–Trinajstić information content (AvgIpc) is 2.75. The molecule has 1 aliphatic rings. The first kappa shape index (κ1) is 13.4. The van der Waals surface area contributed by atoms with E-state index in [2.05, 4.69) is 0 Å². The molecule has 1 saturated heterocycles. The second kappa shape index (κ2) is 6.83. The molecule has 0 aromatic heterocycles. The lowest BCUT2D eigenvalue weighted by Crippen LogP contribution is -2.45. The number of nitrogens with two attached hydrogens (primary N) is 1. The van der Waals surface area contributed by atoms with Gasteiger partial charge in [0.15, 0.2) is 0 Å². The van der Waals surface area contributed by atoms with Crippen LogP contribution in [0, 0.1) is 0 Å². The molecule has 94 valence electrons. The van der Waals surface area contributed by atoms with Crippen molar-refractivity contribution in [3.63, 3.8) is 0 Å². The van der Waals surface area contributed by atoms with E-state index in [4.69, 9.17) is 15.6 Å². The monoisotopic (exact) mass is 230 g/mol. The number of carbonyl (C=O) groups is 1. The zero-order chi connectivity index (χ0) is 12.0. The van der Waals surface area contributed by atoms with Crippen molar-refractivity contribution in [2.75, 3.05) is 26.8 Å². The molecule has 5 nitrogen and oxygen atoms in total. The summed E-state index contributed by atoms with van der Waals surface area (Å²) in [6, 6.07) is 0.254. The summed E-state index contributed by atoms with van der Waals surface area (Å²) >= 11 is 0. The minimum absolute atomic E-state index is 0.00885. The smallest absolute Gasteiger partial charge is 0.253 e. The van der Waals surface area contributed by atoms with Gasteiger partial charge in [0.25, 0.3) is 5.91 Å². The van der Waals surface area contributed by atoms with E-state index in [0.29, 0.717) is 0 Å². The van der Waals surface area contributed by atoms with Gasteiger partial charge < -0.3 is 20.5 Å². The van der Waals surface area contributed by atoms with E-state index < -0.39 is 6.10 Å². The van der Waals surface area contributed by atoms with Crippen molar-refractivity contribution >= 4 is 5.91 Å². The van der Waals surface area contributed by atoms with Gasteiger partial charge in [-0.05, 0) is 25.7 Å². The van der Waals surface area contributed by atoms with Crippen LogP contribution >= 0.6 is 0 Å². The highest BCUT2D eigenvalue weighted by Crippen LogP contribution is 2.22. The molecule has 1 fully saturated rings. The lowest BCUT2D eigenvalue weighted by Gasteiger charge is -2.27. The minimum atomic E-state index is -0.519.